The molecule has 96 valence electrons. The molecule has 1 amide bonds. The molecule has 1 aliphatic carbocycles. The Hall–Kier alpha value is -0.870. The predicted molar refractivity (Wildman–Crippen MR) is 68.5 cm³/mol. The first-order valence-corrected chi connectivity index (χ1v) is 6.65. The molecule has 17 heavy (non-hydrogen) atoms. The van der Waals surface area contributed by atoms with E-state index in [0.29, 0.717) is 6.04 Å². The molecule has 0 radical (unpaired) electrons. The van der Waals surface area contributed by atoms with Gasteiger partial charge in [0.25, 0.3) is 0 Å². The van der Waals surface area contributed by atoms with Crippen molar-refractivity contribution in [1.29, 1.82) is 0 Å². The first-order chi connectivity index (χ1) is 8.19. The maximum Gasteiger partial charge on any atom is 0.227 e. The Kier molecular flexibility index (Phi) is 4.18. The SMILES string of the molecule is CCN1CCC(NC(=O)C2C=CC(N)C2)CC1. The van der Waals surface area contributed by atoms with Crippen molar-refractivity contribution in [3.05, 3.63) is 12.2 Å². The highest BCUT2D eigenvalue weighted by Gasteiger charge is 2.26. The van der Waals surface area contributed by atoms with Crippen LogP contribution in [0.15, 0.2) is 12.2 Å². The van der Waals surface area contributed by atoms with Gasteiger partial charge in [0.1, 0.15) is 0 Å². The van der Waals surface area contributed by atoms with E-state index < -0.39 is 0 Å². The average Bonchev–Trinajstić information content (AvgIpc) is 2.77. The van der Waals surface area contributed by atoms with Gasteiger partial charge in [-0.15, -0.1) is 0 Å². The second kappa shape index (κ2) is 5.65. The zero-order valence-corrected chi connectivity index (χ0v) is 10.6. The van der Waals surface area contributed by atoms with Crippen LogP contribution in [0.1, 0.15) is 26.2 Å². The lowest BCUT2D eigenvalue weighted by Crippen LogP contribution is -2.46. The maximum absolute atomic E-state index is 12.0. The molecule has 0 aromatic rings. The summed E-state index contributed by atoms with van der Waals surface area (Å²) in [6.45, 7) is 5.49. The van der Waals surface area contributed by atoms with Gasteiger partial charge in [-0.3, -0.25) is 4.79 Å². The molecule has 2 rings (SSSR count). The first kappa shape index (κ1) is 12.6. The molecule has 0 aromatic heterocycles. The third-order valence-electron chi connectivity index (χ3n) is 3.83. The molecule has 0 saturated carbocycles. The number of nitrogens with zero attached hydrogens (tertiary/aromatic N) is 1. The Morgan fingerprint density at radius 2 is 2.12 bits per heavy atom. The van der Waals surface area contributed by atoms with E-state index in [2.05, 4.69) is 17.1 Å². The van der Waals surface area contributed by atoms with E-state index in [9.17, 15) is 4.79 Å². The number of carbonyl (C=O) groups is 1. The average molecular weight is 237 g/mol. The van der Waals surface area contributed by atoms with Crippen LogP contribution in [0, 0.1) is 5.92 Å². The Balaban J connectivity index is 1.74. The highest BCUT2D eigenvalue weighted by atomic mass is 16.1. The van der Waals surface area contributed by atoms with Crippen LogP contribution in [-0.4, -0.2) is 42.5 Å². The van der Waals surface area contributed by atoms with Crippen molar-refractivity contribution in [2.75, 3.05) is 19.6 Å². The van der Waals surface area contributed by atoms with Crippen LogP contribution in [0.2, 0.25) is 0 Å². The molecule has 0 aromatic carbocycles. The van der Waals surface area contributed by atoms with Crippen molar-refractivity contribution in [1.82, 2.24) is 10.2 Å². The van der Waals surface area contributed by atoms with Crippen molar-refractivity contribution in [3.63, 3.8) is 0 Å². The van der Waals surface area contributed by atoms with Crippen molar-refractivity contribution in [3.8, 4) is 0 Å². The van der Waals surface area contributed by atoms with Crippen molar-refractivity contribution >= 4 is 5.91 Å². The van der Waals surface area contributed by atoms with Gasteiger partial charge in [-0.25, -0.2) is 0 Å². The number of carbonyl (C=O) groups excluding carboxylic acids is 1. The van der Waals surface area contributed by atoms with Gasteiger partial charge in [0.15, 0.2) is 0 Å². The summed E-state index contributed by atoms with van der Waals surface area (Å²) in [6.07, 6.45) is 6.79. The molecular formula is C13H23N3O. The maximum atomic E-state index is 12.0. The van der Waals surface area contributed by atoms with E-state index in [1.807, 2.05) is 12.2 Å². The Morgan fingerprint density at radius 3 is 2.65 bits per heavy atom. The number of amides is 1. The summed E-state index contributed by atoms with van der Waals surface area (Å²) in [5, 5.41) is 3.15. The molecule has 0 spiro atoms. The summed E-state index contributed by atoms with van der Waals surface area (Å²) in [5.41, 5.74) is 5.76. The minimum Gasteiger partial charge on any atom is -0.353 e. The Morgan fingerprint density at radius 1 is 1.41 bits per heavy atom. The van der Waals surface area contributed by atoms with E-state index >= 15 is 0 Å². The van der Waals surface area contributed by atoms with E-state index in [4.69, 9.17) is 5.73 Å². The Bertz CT molecular complexity index is 295. The summed E-state index contributed by atoms with van der Waals surface area (Å²) < 4.78 is 0. The molecular weight excluding hydrogens is 214 g/mol. The zero-order chi connectivity index (χ0) is 12.3. The molecule has 1 fully saturated rings. The van der Waals surface area contributed by atoms with E-state index in [0.717, 1.165) is 38.9 Å². The predicted octanol–water partition coefficient (Wildman–Crippen LogP) is 0.490. The number of hydrogen-bond acceptors (Lipinski definition) is 3. The van der Waals surface area contributed by atoms with Crippen LogP contribution < -0.4 is 11.1 Å². The van der Waals surface area contributed by atoms with Gasteiger partial charge in [-0.05, 0) is 25.8 Å². The molecule has 0 bridgehead atoms. The summed E-state index contributed by atoms with van der Waals surface area (Å²) in [6, 6.07) is 0.420. The summed E-state index contributed by atoms with van der Waals surface area (Å²) in [7, 11) is 0. The quantitative estimate of drug-likeness (QED) is 0.702. The molecule has 2 atom stereocenters. The Labute approximate surface area is 103 Å². The first-order valence-electron chi connectivity index (χ1n) is 6.65. The van der Waals surface area contributed by atoms with Gasteiger partial charge in [-0.1, -0.05) is 19.1 Å². The zero-order valence-electron chi connectivity index (χ0n) is 10.6. The van der Waals surface area contributed by atoms with Crippen LogP contribution in [-0.2, 0) is 4.79 Å². The van der Waals surface area contributed by atoms with E-state index in [1.54, 1.807) is 0 Å². The molecule has 1 saturated heterocycles. The van der Waals surface area contributed by atoms with Gasteiger partial charge in [-0.2, -0.15) is 0 Å². The number of nitrogens with two attached hydrogens (primary N) is 1. The largest absolute Gasteiger partial charge is 0.353 e. The van der Waals surface area contributed by atoms with Gasteiger partial charge in [0.2, 0.25) is 5.91 Å². The van der Waals surface area contributed by atoms with Gasteiger partial charge in [0.05, 0.1) is 5.92 Å². The summed E-state index contributed by atoms with van der Waals surface area (Å²) in [4.78, 5) is 14.4. The number of rotatable bonds is 3. The molecule has 3 N–H and O–H groups in total. The molecule has 4 heteroatoms. The van der Waals surface area contributed by atoms with E-state index in [1.165, 1.54) is 0 Å². The molecule has 2 unspecified atom stereocenters. The minimum atomic E-state index is -0.00537. The normalized spacial score (nSPS) is 30.7. The second-order valence-corrected chi connectivity index (χ2v) is 5.11. The van der Waals surface area contributed by atoms with Gasteiger partial charge in [0, 0.05) is 25.2 Å². The number of hydrogen-bond donors (Lipinski definition) is 2. The fourth-order valence-corrected chi connectivity index (χ4v) is 2.62. The lowest BCUT2D eigenvalue weighted by atomic mass is 10.0. The van der Waals surface area contributed by atoms with Gasteiger partial charge >= 0.3 is 0 Å². The highest BCUT2D eigenvalue weighted by Crippen LogP contribution is 2.18. The number of nitrogens with one attached hydrogen (secondary N) is 1. The van der Waals surface area contributed by atoms with Crippen LogP contribution in [0.3, 0.4) is 0 Å². The van der Waals surface area contributed by atoms with Crippen LogP contribution in [0.25, 0.3) is 0 Å². The van der Waals surface area contributed by atoms with E-state index in [-0.39, 0.29) is 17.9 Å². The standard InChI is InChI=1S/C13H23N3O/c1-2-16-7-5-12(6-8-16)15-13(17)10-3-4-11(14)9-10/h3-4,10-12H,2,5-9,14H2,1H3,(H,15,17). The van der Waals surface area contributed by atoms with Gasteiger partial charge < -0.3 is 16.0 Å². The fourth-order valence-electron chi connectivity index (χ4n) is 2.62. The molecule has 1 aliphatic heterocycles. The second-order valence-electron chi connectivity index (χ2n) is 5.11. The van der Waals surface area contributed by atoms with Crippen molar-refractivity contribution in [2.24, 2.45) is 11.7 Å². The monoisotopic (exact) mass is 237 g/mol. The number of piperidine rings is 1. The highest BCUT2D eigenvalue weighted by molar-refractivity contribution is 5.81. The lowest BCUT2D eigenvalue weighted by Gasteiger charge is -2.31. The van der Waals surface area contributed by atoms with Crippen molar-refractivity contribution < 1.29 is 4.79 Å². The molecule has 4 nitrogen and oxygen atoms in total. The summed E-state index contributed by atoms with van der Waals surface area (Å²) >= 11 is 0. The fraction of sp³-hybridized carbons (Fsp3) is 0.769. The minimum absolute atomic E-state index is 0.00537. The third kappa shape index (κ3) is 3.30. The molecule has 1 heterocycles. The topological polar surface area (TPSA) is 58.4 Å². The van der Waals surface area contributed by atoms with Crippen LogP contribution in [0.4, 0.5) is 0 Å². The third-order valence-corrected chi connectivity index (χ3v) is 3.83. The van der Waals surface area contributed by atoms with Crippen LogP contribution >= 0.6 is 0 Å². The van der Waals surface area contributed by atoms with Crippen LogP contribution in [0.5, 0.6) is 0 Å². The smallest absolute Gasteiger partial charge is 0.227 e. The number of likely N-dealkylation sites (tertiary alicyclic amines) is 1. The summed E-state index contributed by atoms with van der Waals surface area (Å²) in [5.74, 6) is 0.151. The molecule has 2 aliphatic rings. The van der Waals surface area contributed by atoms with Crippen molar-refractivity contribution in [2.45, 2.75) is 38.3 Å². The lowest BCUT2D eigenvalue weighted by molar-refractivity contribution is -0.124.